The number of nitriles is 1. The van der Waals surface area contributed by atoms with Gasteiger partial charge in [0.05, 0.1) is 18.4 Å². The molecule has 6 heteroatoms. The molecule has 0 radical (unpaired) electrons. The number of methoxy groups -OCH3 is 1. The first-order valence-corrected chi connectivity index (χ1v) is 6.95. The van der Waals surface area contributed by atoms with Crippen molar-refractivity contribution in [2.75, 3.05) is 31.4 Å². The van der Waals surface area contributed by atoms with Crippen LogP contribution in [0.2, 0.25) is 0 Å². The largest absolute Gasteiger partial charge is 0.479 e. The Bertz CT molecular complexity index is 630. The van der Waals surface area contributed by atoms with Gasteiger partial charge in [-0.25, -0.2) is 4.98 Å². The molecule has 0 atom stereocenters. The maximum atomic E-state index is 8.83. The molecule has 2 aromatic heterocycles. The van der Waals surface area contributed by atoms with Crippen LogP contribution in [0.5, 0.6) is 5.88 Å². The van der Waals surface area contributed by atoms with Crippen molar-refractivity contribution in [3.8, 4) is 11.9 Å². The molecular weight excluding hydrogens is 272 g/mol. The molecule has 0 saturated heterocycles. The summed E-state index contributed by atoms with van der Waals surface area (Å²) in [6.07, 6.45) is 1.72. The fraction of sp³-hybridized carbons (Fsp3) is 0.286. The number of nitrogens with one attached hydrogen (secondary N) is 1. The molecule has 0 aromatic carbocycles. The summed E-state index contributed by atoms with van der Waals surface area (Å²) in [5, 5.41) is 14.0. The van der Waals surface area contributed by atoms with Gasteiger partial charge in [0.2, 0.25) is 5.88 Å². The topological polar surface area (TPSA) is 61.2 Å². The van der Waals surface area contributed by atoms with Crippen molar-refractivity contribution in [1.82, 2.24) is 4.98 Å². The van der Waals surface area contributed by atoms with Crippen molar-refractivity contribution in [3.05, 3.63) is 34.2 Å². The van der Waals surface area contributed by atoms with E-state index in [1.54, 1.807) is 24.6 Å². The maximum absolute atomic E-state index is 8.83. The molecule has 104 valence electrons. The molecule has 20 heavy (non-hydrogen) atoms. The zero-order valence-electron chi connectivity index (χ0n) is 11.7. The summed E-state index contributed by atoms with van der Waals surface area (Å²) in [4.78, 5) is 7.31. The molecule has 0 spiro atoms. The molecule has 0 fully saturated rings. The van der Waals surface area contributed by atoms with Gasteiger partial charge in [0, 0.05) is 37.1 Å². The van der Waals surface area contributed by atoms with E-state index < -0.39 is 0 Å². The van der Waals surface area contributed by atoms with Gasteiger partial charge in [-0.1, -0.05) is 0 Å². The Morgan fingerprint density at radius 1 is 1.50 bits per heavy atom. The van der Waals surface area contributed by atoms with Gasteiger partial charge in [-0.3, -0.25) is 0 Å². The Kier molecular flexibility index (Phi) is 4.43. The molecule has 0 unspecified atom stereocenters. The Morgan fingerprint density at radius 2 is 2.30 bits per heavy atom. The fourth-order valence-corrected chi connectivity index (χ4v) is 2.58. The minimum absolute atomic E-state index is 0.563. The third kappa shape index (κ3) is 3.00. The van der Waals surface area contributed by atoms with Crippen molar-refractivity contribution in [2.24, 2.45) is 0 Å². The van der Waals surface area contributed by atoms with Crippen LogP contribution in [0.3, 0.4) is 0 Å². The number of rotatable bonds is 5. The second-order valence-corrected chi connectivity index (χ2v) is 5.37. The molecular formula is C14H16N4OS. The molecule has 0 bridgehead atoms. The normalized spacial score (nSPS) is 9.90. The molecule has 0 saturated carbocycles. The number of aromatic nitrogens is 1. The zero-order valence-corrected chi connectivity index (χ0v) is 12.5. The van der Waals surface area contributed by atoms with Gasteiger partial charge in [0.1, 0.15) is 11.8 Å². The molecule has 2 aromatic rings. The van der Waals surface area contributed by atoms with Gasteiger partial charge in [-0.05, 0) is 12.1 Å². The zero-order chi connectivity index (χ0) is 14.5. The number of ether oxygens (including phenoxy) is 1. The highest BCUT2D eigenvalue weighted by Crippen LogP contribution is 2.32. The van der Waals surface area contributed by atoms with Gasteiger partial charge >= 0.3 is 0 Å². The molecule has 5 nitrogen and oxygen atoms in total. The van der Waals surface area contributed by atoms with Crippen LogP contribution in [0.4, 0.5) is 11.4 Å². The van der Waals surface area contributed by atoms with Gasteiger partial charge in [-0.2, -0.15) is 5.26 Å². The Morgan fingerprint density at radius 3 is 2.90 bits per heavy atom. The molecule has 0 aliphatic rings. The predicted octanol–water partition coefficient (Wildman–Crippen LogP) is 2.70. The molecule has 1 N–H and O–H groups in total. The summed E-state index contributed by atoms with van der Waals surface area (Å²) >= 11 is 1.56. The van der Waals surface area contributed by atoms with E-state index in [0.29, 0.717) is 18.0 Å². The number of nitrogens with zero attached hydrogens (tertiary/aromatic N) is 3. The van der Waals surface area contributed by atoms with E-state index in [9.17, 15) is 0 Å². The van der Waals surface area contributed by atoms with Crippen LogP contribution >= 0.6 is 11.3 Å². The van der Waals surface area contributed by atoms with Gasteiger partial charge in [0.25, 0.3) is 0 Å². The summed E-state index contributed by atoms with van der Waals surface area (Å²) in [6.45, 7) is 0.634. The highest BCUT2D eigenvalue weighted by molar-refractivity contribution is 7.10. The van der Waals surface area contributed by atoms with E-state index in [1.807, 2.05) is 36.5 Å². The summed E-state index contributed by atoms with van der Waals surface area (Å²) < 4.78 is 5.30. The number of thiophene rings is 1. The van der Waals surface area contributed by atoms with Gasteiger partial charge < -0.3 is 15.0 Å². The van der Waals surface area contributed by atoms with E-state index in [0.717, 1.165) is 16.3 Å². The second-order valence-electron chi connectivity index (χ2n) is 4.38. The highest BCUT2D eigenvalue weighted by Gasteiger charge is 2.12. The first-order valence-electron chi connectivity index (χ1n) is 6.07. The Hall–Kier alpha value is -2.26. The lowest BCUT2D eigenvalue weighted by molar-refractivity contribution is 0.400. The Balaban J connectivity index is 2.21. The van der Waals surface area contributed by atoms with Crippen molar-refractivity contribution < 1.29 is 4.74 Å². The van der Waals surface area contributed by atoms with E-state index in [1.165, 1.54) is 0 Å². The average molecular weight is 288 g/mol. The lowest BCUT2D eigenvalue weighted by Gasteiger charge is -2.19. The summed E-state index contributed by atoms with van der Waals surface area (Å²) in [5.74, 6) is 0.563. The SMILES string of the molecule is COc1nccc(N(C)C)c1NCc1cc(C#N)cs1. The fourth-order valence-electron chi connectivity index (χ4n) is 1.83. The number of pyridine rings is 1. The minimum Gasteiger partial charge on any atom is -0.479 e. The number of anilines is 2. The van der Waals surface area contributed by atoms with E-state index in [4.69, 9.17) is 10.00 Å². The van der Waals surface area contributed by atoms with Crippen LogP contribution in [-0.4, -0.2) is 26.2 Å². The second kappa shape index (κ2) is 6.26. The maximum Gasteiger partial charge on any atom is 0.239 e. The van der Waals surface area contributed by atoms with E-state index in [-0.39, 0.29) is 0 Å². The van der Waals surface area contributed by atoms with Crippen LogP contribution < -0.4 is 15.0 Å². The molecule has 0 amide bonds. The monoisotopic (exact) mass is 288 g/mol. The predicted molar refractivity (Wildman–Crippen MR) is 81.5 cm³/mol. The molecule has 2 rings (SSSR count). The summed E-state index contributed by atoms with van der Waals surface area (Å²) in [5.41, 5.74) is 2.55. The van der Waals surface area contributed by atoms with Crippen molar-refractivity contribution in [2.45, 2.75) is 6.54 Å². The molecule has 0 aliphatic heterocycles. The van der Waals surface area contributed by atoms with E-state index >= 15 is 0 Å². The first-order chi connectivity index (χ1) is 9.65. The lowest BCUT2D eigenvalue weighted by atomic mass is 10.3. The first kappa shape index (κ1) is 14.2. The van der Waals surface area contributed by atoms with Crippen molar-refractivity contribution in [3.63, 3.8) is 0 Å². The Labute approximate surface area is 122 Å². The molecule has 2 heterocycles. The number of hydrogen-bond donors (Lipinski definition) is 1. The average Bonchev–Trinajstić information content (AvgIpc) is 2.92. The smallest absolute Gasteiger partial charge is 0.239 e. The highest BCUT2D eigenvalue weighted by atomic mass is 32.1. The lowest BCUT2D eigenvalue weighted by Crippen LogP contribution is -2.13. The van der Waals surface area contributed by atoms with Crippen molar-refractivity contribution in [1.29, 1.82) is 5.26 Å². The molecule has 0 aliphatic carbocycles. The van der Waals surface area contributed by atoms with Crippen molar-refractivity contribution >= 4 is 22.7 Å². The van der Waals surface area contributed by atoms with Crippen LogP contribution in [0.15, 0.2) is 23.7 Å². The van der Waals surface area contributed by atoms with Crippen LogP contribution in [0.25, 0.3) is 0 Å². The quantitative estimate of drug-likeness (QED) is 0.916. The third-order valence-corrected chi connectivity index (χ3v) is 3.73. The van der Waals surface area contributed by atoms with Crippen LogP contribution in [0, 0.1) is 11.3 Å². The third-order valence-electron chi connectivity index (χ3n) is 2.79. The standard InChI is InChI=1S/C14H16N4OS/c1-18(2)12-4-5-16-14(19-3)13(12)17-8-11-6-10(7-15)9-20-11/h4-6,9,17H,8H2,1-3H3. The summed E-state index contributed by atoms with van der Waals surface area (Å²) in [7, 11) is 5.55. The van der Waals surface area contributed by atoms with E-state index in [2.05, 4.69) is 16.4 Å². The number of hydrogen-bond acceptors (Lipinski definition) is 6. The van der Waals surface area contributed by atoms with Gasteiger partial charge in [0.15, 0.2) is 0 Å². The van der Waals surface area contributed by atoms with Crippen LogP contribution in [0.1, 0.15) is 10.4 Å². The minimum atomic E-state index is 0.563. The summed E-state index contributed by atoms with van der Waals surface area (Å²) in [6, 6.07) is 5.95. The van der Waals surface area contributed by atoms with Crippen LogP contribution in [-0.2, 0) is 6.54 Å². The van der Waals surface area contributed by atoms with Gasteiger partial charge in [-0.15, -0.1) is 11.3 Å².